The van der Waals surface area contributed by atoms with Crippen LogP contribution in [0.1, 0.15) is 11.1 Å². The number of amides is 4. The summed E-state index contributed by atoms with van der Waals surface area (Å²) < 4.78 is 45.5. The van der Waals surface area contributed by atoms with E-state index in [1.54, 1.807) is 0 Å². The zero-order chi connectivity index (χ0) is 30.2. The number of nitro groups is 2. The maximum Gasteiger partial charge on any atom is 0.416 e. The second-order valence-electron chi connectivity index (χ2n) is 8.08. The number of imide groups is 2. The molecule has 0 radical (unpaired) electrons. The number of rotatable bonds is 6. The fourth-order valence-corrected chi connectivity index (χ4v) is 4.96. The van der Waals surface area contributed by atoms with E-state index in [-0.39, 0.29) is 21.5 Å². The number of nitrogens with one attached hydrogen (secondary N) is 1. The van der Waals surface area contributed by atoms with E-state index in [0.717, 1.165) is 24.3 Å². The van der Waals surface area contributed by atoms with Gasteiger partial charge in [-0.25, -0.2) is 9.69 Å². The minimum atomic E-state index is -4.87. The molecule has 1 aliphatic rings. The topological polar surface area (TPSA) is 162 Å². The Morgan fingerprint density at radius 2 is 1.66 bits per heavy atom. The number of urea groups is 1. The van der Waals surface area contributed by atoms with Gasteiger partial charge in [-0.3, -0.25) is 35.1 Å². The minimum Gasteiger partial charge on any atom is -0.448 e. The molecule has 41 heavy (non-hydrogen) atoms. The van der Waals surface area contributed by atoms with Crippen LogP contribution in [0.25, 0.3) is 6.08 Å². The summed E-state index contributed by atoms with van der Waals surface area (Å²) >= 11 is 6.40. The molecule has 17 heteroatoms. The second-order valence-corrected chi connectivity index (χ2v) is 9.85. The van der Waals surface area contributed by atoms with Gasteiger partial charge in [0.25, 0.3) is 17.5 Å². The monoisotopic (exact) mass is 698 g/mol. The van der Waals surface area contributed by atoms with Crippen LogP contribution in [0.2, 0.25) is 0 Å². The molecular weight excluding hydrogens is 689 g/mol. The number of ether oxygens (including phenoxy) is 1. The summed E-state index contributed by atoms with van der Waals surface area (Å²) in [5.41, 5.74) is -3.64. The lowest BCUT2D eigenvalue weighted by Gasteiger charge is -2.26. The summed E-state index contributed by atoms with van der Waals surface area (Å²) in [5, 5.41) is 24.6. The van der Waals surface area contributed by atoms with Gasteiger partial charge in [0.1, 0.15) is 11.3 Å². The van der Waals surface area contributed by atoms with Gasteiger partial charge >= 0.3 is 17.9 Å². The Balaban J connectivity index is 1.81. The summed E-state index contributed by atoms with van der Waals surface area (Å²) in [7, 11) is 0. The van der Waals surface area contributed by atoms with E-state index in [2.05, 4.69) is 31.9 Å². The molecule has 0 spiro atoms. The van der Waals surface area contributed by atoms with E-state index < -0.39 is 62.1 Å². The first-order chi connectivity index (χ1) is 19.2. The Bertz CT molecular complexity index is 1690. The number of anilines is 1. The number of non-ortho nitro benzene ring substituents is 1. The van der Waals surface area contributed by atoms with Gasteiger partial charge in [-0.2, -0.15) is 13.2 Å². The van der Waals surface area contributed by atoms with Crippen molar-refractivity contribution in [1.29, 1.82) is 0 Å². The van der Waals surface area contributed by atoms with E-state index in [1.165, 1.54) is 24.3 Å². The maximum atomic E-state index is 13.3. The van der Waals surface area contributed by atoms with Gasteiger partial charge in [-0.1, -0.05) is 22.0 Å². The van der Waals surface area contributed by atoms with Crippen molar-refractivity contribution in [2.75, 3.05) is 4.90 Å². The van der Waals surface area contributed by atoms with Crippen LogP contribution in [0.5, 0.6) is 11.5 Å². The van der Waals surface area contributed by atoms with Gasteiger partial charge in [-0.15, -0.1) is 0 Å². The number of alkyl halides is 3. The standard InChI is InChI=1S/C24H11Br2F3N4O8/c25-13-6-11(20(17(26)9-13)41-19-5-4-12(24(27,28)29)8-18(19)33(39)40)7-16-21(34)30-23(36)31(22(16)35)14-2-1-3-15(10-14)32(37)38/h1-10H,(H,30,34,36)/b16-7+. The number of nitro benzene ring substituents is 2. The van der Waals surface area contributed by atoms with Crippen LogP contribution in [0.4, 0.5) is 35.0 Å². The van der Waals surface area contributed by atoms with Crippen LogP contribution in [-0.4, -0.2) is 27.7 Å². The molecule has 1 fully saturated rings. The van der Waals surface area contributed by atoms with Gasteiger partial charge in [-0.05, 0) is 52.3 Å². The predicted octanol–water partition coefficient (Wildman–Crippen LogP) is 6.51. The molecule has 3 aromatic rings. The fourth-order valence-electron chi connectivity index (χ4n) is 3.62. The quantitative estimate of drug-likeness (QED) is 0.132. The molecule has 12 nitrogen and oxygen atoms in total. The minimum absolute atomic E-state index is 0.0627. The number of nitrogens with zero attached hydrogens (tertiary/aromatic N) is 3. The average Bonchev–Trinajstić information content (AvgIpc) is 2.87. The number of carbonyl (C=O) groups excluding carboxylic acids is 3. The molecule has 0 bridgehead atoms. The third-order valence-electron chi connectivity index (χ3n) is 5.43. The molecule has 4 amide bonds. The summed E-state index contributed by atoms with van der Waals surface area (Å²) in [6.45, 7) is 0. The molecule has 0 unspecified atom stereocenters. The first-order valence-electron chi connectivity index (χ1n) is 10.9. The molecule has 210 valence electrons. The van der Waals surface area contributed by atoms with Gasteiger partial charge < -0.3 is 4.74 Å². The molecule has 0 saturated carbocycles. The van der Waals surface area contributed by atoms with E-state index in [1.807, 2.05) is 5.32 Å². The third-order valence-corrected chi connectivity index (χ3v) is 6.48. The van der Waals surface area contributed by atoms with E-state index in [0.29, 0.717) is 21.5 Å². The molecule has 3 aromatic carbocycles. The first-order valence-corrected chi connectivity index (χ1v) is 12.4. The number of hydrogen-bond acceptors (Lipinski definition) is 8. The van der Waals surface area contributed by atoms with E-state index >= 15 is 0 Å². The maximum absolute atomic E-state index is 13.3. The molecule has 1 saturated heterocycles. The second kappa shape index (κ2) is 11.1. The van der Waals surface area contributed by atoms with Crippen LogP contribution < -0.4 is 15.0 Å². The van der Waals surface area contributed by atoms with Crippen LogP contribution >= 0.6 is 31.9 Å². The summed E-state index contributed by atoms with van der Waals surface area (Å²) in [6, 6.07) is 7.72. The molecule has 1 heterocycles. The Morgan fingerprint density at radius 1 is 0.951 bits per heavy atom. The number of hydrogen-bond donors (Lipinski definition) is 1. The number of barbiturate groups is 1. The molecule has 1 aliphatic heterocycles. The molecule has 0 aliphatic carbocycles. The number of benzene rings is 3. The average molecular weight is 700 g/mol. The zero-order valence-corrected chi connectivity index (χ0v) is 22.9. The van der Waals surface area contributed by atoms with Gasteiger partial charge in [0.05, 0.1) is 25.6 Å². The van der Waals surface area contributed by atoms with Crippen molar-refractivity contribution < 1.29 is 42.1 Å². The molecule has 4 rings (SSSR count). The smallest absolute Gasteiger partial charge is 0.416 e. The lowest BCUT2D eigenvalue weighted by atomic mass is 10.1. The normalized spacial score (nSPS) is 14.7. The van der Waals surface area contributed by atoms with Crippen LogP contribution in [0.15, 0.2) is 69.1 Å². The van der Waals surface area contributed by atoms with Gasteiger partial charge in [0.2, 0.25) is 5.75 Å². The number of halogens is 5. The van der Waals surface area contributed by atoms with Gasteiger partial charge in [0, 0.05) is 28.2 Å². The lowest BCUT2D eigenvalue weighted by Crippen LogP contribution is -2.54. The van der Waals surface area contributed by atoms with Crippen molar-refractivity contribution in [2.24, 2.45) is 0 Å². The van der Waals surface area contributed by atoms with Crippen molar-refractivity contribution in [1.82, 2.24) is 5.32 Å². The Morgan fingerprint density at radius 3 is 2.29 bits per heavy atom. The summed E-state index contributed by atoms with van der Waals surface area (Å²) in [5.74, 6) is -3.12. The largest absolute Gasteiger partial charge is 0.448 e. The number of carbonyl (C=O) groups is 3. The van der Waals surface area contributed by atoms with Crippen LogP contribution in [0.3, 0.4) is 0 Å². The highest BCUT2D eigenvalue weighted by Gasteiger charge is 2.38. The highest BCUT2D eigenvalue weighted by molar-refractivity contribution is 9.11. The van der Waals surface area contributed by atoms with Crippen LogP contribution in [-0.2, 0) is 15.8 Å². The highest BCUT2D eigenvalue weighted by atomic mass is 79.9. The van der Waals surface area contributed by atoms with Crippen molar-refractivity contribution in [3.8, 4) is 11.5 Å². The van der Waals surface area contributed by atoms with Crippen molar-refractivity contribution in [3.63, 3.8) is 0 Å². The summed E-state index contributed by atoms with van der Waals surface area (Å²) in [6.07, 6.45) is -3.89. The van der Waals surface area contributed by atoms with Gasteiger partial charge in [0.15, 0.2) is 0 Å². The first kappa shape index (κ1) is 29.3. The molecular formula is C24H11Br2F3N4O8. The molecule has 1 N–H and O–H groups in total. The Hall–Kier alpha value is -4.64. The van der Waals surface area contributed by atoms with Crippen molar-refractivity contribution in [2.45, 2.75) is 6.18 Å². The van der Waals surface area contributed by atoms with E-state index in [4.69, 9.17) is 4.74 Å². The van der Waals surface area contributed by atoms with Crippen molar-refractivity contribution >= 4 is 72.8 Å². The molecule has 0 atom stereocenters. The highest BCUT2D eigenvalue weighted by Crippen LogP contribution is 2.42. The fraction of sp³-hybridized carbons (Fsp3) is 0.0417. The van der Waals surface area contributed by atoms with E-state index in [9.17, 15) is 47.8 Å². The lowest BCUT2D eigenvalue weighted by molar-refractivity contribution is -0.385. The zero-order valence-electron chi connectivity index (χ0n) is 19.8. The molecule has 0 aromatic heterocycles. The van der Waals surface area contributed by atoms with Crippen LogP contribution in [0, 0.1) is 20.2 Å². The Kier molecular flexibility index (Phi) is 7.94. The third kappa shape index (κ3) is 6.09. The summed E-state index contributed by atoms with van der Waals surface area (Å²) in [4.78, 5) is 59.8. The SMILES string of the molecule is O=C1NC(=O)N(c2cccc([N+](=O)[O-])c2)C(=O)/C1=C/c1cc(Br)cc(Br)c1Oc1ccc(C(F)(F)F)cc1[N+](=O)[O-]. The van der Waals surface area contributed by atoms with Crippen molar-refractivity contribution in [3.05, 3.63) is 100 Å². The predicted molar refractivity (Wildman–Crippen MR) is 142 cm³/mol. The Labute approximate surface area is 242 Å².